The number of benzene rings is 1. The predicted octanol–water partition coefficient (Wildman–Crippen LogP) is 3.33. The van der Waals surface area contributed by atoms with Crippen molar-refractivity contribution in [2.24, 2.45) is 0 Å². The van der Waals surface area contributed by atoms with Gasteiger partial charge in [0.15, 0.2) is 0 Å². The molecule has 24 heavy (non-hydrogen) atoms. The fraction of sp³-hybridized carbons (Fsp3) is 0.278. The Morgan fingerprint density at radius 2 is 1.83 bits per heavy atom. The fourth-order valence-corrected chi connectivity index (χ4v) is 2.03. The molecule has 1 aromatic heterocycles. The first kappa shape index (κ1) is 17.5. The zero-order valence-electron chi connectivity index (χ0n) is 13.8. The number of ether oxygens (including phenoxy) is 1. The summed E-state index contributed by atoms with van der Waals surface area (Å²) < 4.78 is 4.92. The molecule has 1 heterocycles. The van der Waals surface area contributed by atoms with E-state index in [-0.39, 0.29) is 11.9 Å². The zero-order chi connectivity index (χ0) is 17.4. The van der Waals surface area contributed by atoms with Crippen LogP contribution in [0.4, 0.5) is 11.4 Å². The SMILES string of the molecule is CCCNc1ccnc(C(=O)Nc2ccc(C(=O)OCC)cc2)c1. The van der Waals surface area contributed by atoms with E-state index in [9.17, 15) is 9.59 Å². The molecule has 0 aliphatic rings. The van der Waals surface area contributed by atoms with E-state index in [0.717, 1.165) is 18.7 Å². The van der Waals surface area contributed by atoms with Gasteiger partial charge in [-0.1, -0.05) is 6.92 Å². The first-order chi connectivity index (χ1) is 11.6. The molecule has 1 amide bonds. The van der Waals surface area contributed by atoms with E-state index < -0.39 is 0 Å². The van der Waals surface area contributed by atoms with Crippen molar-refractivity contribution in [1.82, 2.24) is 4.98 Å². The zero-order valence-corrected chi connectivity index (χ0v) is 13.8. The van der Waals surface area contributed by atoms with Gasteiger partial charge in [-0.15, -0.1) is 0 Å². The monoisotopic (exact) mass is 327 g/mol. The van der Waals surface area contributed by atoms with Gasteiger partial charge in [0.1, 0.15) is 5.69 Å². The summed E-state index contributed by atoms with van der Waals surface area (Å²) in [6.45, 7) is 4.98. The lowest BCUT2D eigenvalue weighted by Gasteiger charge is -2.08. The van der Waals surface area contributed by atoms with Gasteiger partial charge in [-0.25, -0.2) is 4.79 Å². The molecule has 2 aromatic rings. The minimum absolute atomic E-state index is 0.306. The minimum Gasteiger partial charge on any atom is -0.462 e. The van der Waals surface area contributed by atoms with Crippen LogP contribution in [0.5, 0.6) is 0 Å². The molecule has 0 aliphatic heterocycles. The summed E-state index contributed by atoms with van der Waals surface area (Å²) in [6.07, 6.45) is 2.59. The maximum absolute atomic E-state index is 12.3. The van der Waals surface area contributed by atoms with Crippen LogP contribution in [0.2, 0.25) is 0 Å². The average molecular weight is 327 g/mol. The maximum Gasteiger partial charge on any atom is 0.338 e. The molecular weight excluding hydrogens is 306 g/mol. The fourth-order valence-electron chi connectivity index (χ4n) is 2.03. The standard InChI is InChI=1S/C18H21N3O3/c1-3-10-19-15-9-11-20-16(12-15)17(22)21-14-7-5-13(6-8-14)18(23)24-4-2/h5-9,11-12H,3-4,10H2,1-2H3,(H,19,20)(H,21,22). The quantitative estimate of drug-likeness (QED) is 0.762. The number of carbonyl (C=O) groups excluding carboxylic acids is 2. The second-order valence-electron chi connectivity index (χ2n) is 5.11. The second-order valence-corrected chi connectivity index (χ2v) is 5.11. The molecule has 0 saturated carbocycles. The molecule has 0 atom stereocenters. The number of carbonyl (C=O) groups is 2. The highest BCUT2D eigenvalue weighted by atomic mass is 16.5. The molecule has 0 aliphatic carbocycles. The van der Waals surface area contributed by atoms with Crippen molar-refractivity contribution in [2.75, 3.05) is 23.8 Å². The topological polar surface area (TPSA) is 80.3 Å². The van der Waals surface area contributed by atoms with Crippen LogP contribution in [0.25, 0.3) is 0 Å². The predicted molar refractivity (Wildman–Crippen MR) is 93.4 cm³/mol. The largest absolute Gasteiger partial charge is 0.462 e. The summed E-state index contributed by atoms with van der Waals surface area (Å²) >= 11 is 0. The Morgan fingerprint density at radius 1 is 1.08 bits per heavy atom. The van der Waals surface area contributed by atoms with Gasteiger partial charge in [-0.2, -0.15) is 0 Å². The highest BCUT2D eigenvalue weighted by molar-refractivity contribution is 6.03. The Balaban J connectivity index is 2.02. The Bertz CT molecular complexity index is 699. The highest BCUT2D eigenvalue weighted by Gasteiger charge is 2.10. The lowest BCUT2D eigenvalue weighted by Crippen LogP contribution is -2.14. The lowest BCUT2D eigenvalue weighted by atomic mass is 10.2. The third-order valence-corrected chi connectivity index (χ3v) is 3.23. The molecule has 0 radical (unpaired) electrons. The van der Waals surface area contributed by atoms with Gasteiger partial charge in [0.25, 0.3) is 5.91 Å². The number of nitrogens with one attached hydrogen (secondary N) is 2. The van der Waals surface area contributed by atoms with Gasteiger partial charge in [0, 0.05) is 24.1 Å². The lowest BCUT2D eigenvalue weighted by molar-refractivity contribution is 0.0526. The number of anilines is 2. The van der Waals surface area contributed by atoms with E-state index in [1.54, 1.807) is 43.5 Å². The molecule has 1 aromatic carbocycles. The van der Waals surface area contributed by atoms with E-state index in [1.165, 1.54) is 0 Å². The van der Waals surface area contributed by atoms with Gasteiger partial charge in [-0.05, 0) is 49.7 Å². The van der Waals surface area contributed by atoms with Crippen molar-refractivity contribution in [2.45, 2.75) is 20.3 Å². The van der Waals surface area contributed by atoms with Crippen molar-refractivity contribution < 1.29 is 14.3 Å². The Hall–Kier alpha value is -2.89. The van der Waals surface area contributed by atoms with Gasteiger partial charge in [0.05, 0.1) is 12.2 Å². The van der Waals surface area contributed by atoms with Crippen LogP contribution in [0.3, 0.4) is 0 Å². The second kappa shape index (κ2) is 8.67. The van der Waals surface area contributed by atoms with Crippen LogP contribution in [-0.2, 0) is 4.74 Å². The number of hydrogen-bond donors (Lipinski definition) is 2. The summed E-state index contributed by atoms with van der Waals surface area (Å²) in [6, 6.07) is 10.1. The molecule has 6 nitrogen and oxygen atoms in total. The van der Waals surface area contributed by atoms with Gasteiger partial charge in [0.2, 0.25) is 0 Å². The van der Waals surface area contributed by atoms with E-state index in [4.69, 9.17) is 4.74 Å². The number of nitrogens with zero attached hydrogens (tertiary/aromatic N) is 1. The summed E-state index contributed by atoms with van der Waals surface area (Å²) in [5.41, 5.74) is 2.21. The van der Waals surface area contributed by atoms with Crippen LogP contribution in [0.15, 0.2) is 42.6 Å². The number of hydrogen-bond acceptors (Lipinski definition) is 5. The van der Waals surface area contributed by atoms with Crippen molar-refractivity contribution in [3.8, 4) is 0 Å². The molecule has 2 N–H and O–H groups in total. The Labute approximate surface area is 141 Å². The molecule has 2 rings (SSSR count). The van der Waals surface area contributed by atoms with E-state index >= 15 is 0 Å². The Morgan fingerprint density at radius 3 is 2.50 bits per heavy atom. The van der Waals surface area contributed by atoms with E-state index in [2.05, 4.69) is 22.5 Å². The van der Waals surface area contributed by atoms with Crippen molar-refractivity contribution in [1.29, 1.82) is 0 Å². The third-order valence-electron chi connectivity index (χ3n) is 3.23. The van der Waals surface area contributed by atoms with Crippen LogP contribution < -0.4 is 10.6 Å². The van der Waals surface area contributed by atoms with Crippen molar-refractivity contribution in [3.05, 3.63) is 53.9 Å². The first-order valence-electron chi connectivity index (χ1n) is 7.92. The van der Waals surface area contributed by atoms with Gasteiger partial charge in [-0.3, -0.25) is 9.78 Å². The maximum atomic E-state index is 12.3. The Kier molecular flexibility index (Phi) is 6.31. The molecule has 0 fully saturated rings. The van der Waals surface area contributed by atoms with Gasteiger partial charge < -0.3 is 15.4 Å². The van der Waals surface area contributed by atoms with E-state index in [0.29, 0.717) is 23.6 Å². The molecule has 6 heteroatoms. The van der Waals surface area contributed by atoms with Crippen molar-refractivity contribution in [3.63, 3.8) is 0 Å². The summed E-state index contributed by atoms with van der Waals surface area (Å²) in [5, 5.41) is 5.97. The van der Waals surface area contributed by atoms with Crippen LogP contribution >= 0.6 is 0 Å². The van der Waals surface area contributed by atoms with Crippen LogP contribution in [0, 0.1) is 0 Å². The molecule has 0 unspecified atom stereocenters. The molecular formula is C18H21N3O3. The number of pyridine rings is 1. The van der Waals surface area contributed by atoms with Gasteiger partial charge >= 0.3 is 5.97 Å². The molecule has 0 spiro atoms. The first-order valence-corrected chi connectivity index (χ1v) is 7.92. The number of amides is 1. The molecule has 0 bridgehead atoms. The number of rotatable bonds is 7. The summed E-state index contributed by atoms with van der Waals surface area (Å²) in [5.74, 6) is -0.689. The van der Waals surface area contributed by atoms with E-state index in [1.807, 2.05) is 6.07 Å². The summed E-state index contributed by atoms with van der Waals surface area (Å²) in [4.78, 5) is 28.0. The third kappa shape index (κ3) is 4.81. The number of esters is 1. The highest BCUT2D eigenvalue weighted by Crippen LogP contribution is 2.13. The summed E-state index contributed by atoms with van der Waals surface area (Å²) in [7, 11) is 0. The van der Waals surface area contributed by atoms with Crippen LogP contribution in [-0.4, -0.2) is 30.0 Å². The van der Waals surface area contributed by atoms with Crippen LogP contribution in [0.1, 0.15) is 41.1 Å². The minimum atomic E-state index is -0.383. The van der Waals surface area contributed by atoms with Crippen molar-refractivity contribution >= 4 is 23.3 Å². The molecule has 0 saturated heterocycles. The average Bonchev–Trinajstić information content (AvgIpc) is 2.61. The normalized spacial score (nSPS) is 10.1. The smallest absolute Gasteiger partial charge is 0.338 e. The molecule has 126 valence electrons. The number of aromatic nitrogens is 1.